The summed E-state index contributed by atoms with van der Waals surface area (Å²) >= 11 is 0. The van der Waals surface area contributed by atoms with E-state index < -0.39 is 0 Å². The first-order valence-electron chi connectivity index (χ1n) is 8.12. The van der Waals surface area contributed by atoms with Crippen LogP contribution < -0.4 is 10.6 Å². The molecule has 2 saturated heterocycles. The maximum Gasteiger partial charge on any atom is 0.234 e. The van der Waals surface area contributed by atoms with Gasteiger partial charge in [0.1, 0.15) is 0 Å². The quantitative estimate of drug-likeness (QED) is 0.724. The van der Waals surface area contributed by atoms with Gasteiger partial charge in [-0.2, -0.15) is 0 Å². The highest BCUT2D eigenvalue weighted by atomic mass is 16.5. The zero-order valence-corrected chi connectivity index (χ0v) is 12.7. The van der Waals surface area contributed by atoms with E-state index in [-0.39, 0.29) is 12.0 Å². The molecule has 2 heterocycles. The number of carbonyl (C=O) groups is 1. The van der Waals surface area contributed by atoms with Crippen LogP contribution in [0.15, 0.2) is 0 Å². The fourth-order valence-corrected chi connectivity index (χ4v) is 3.12. The van der Waals surface area contributed by atoms with Crippen molar-refractivity contribution in [1.82, 2.24) is 15.5 Å². The molecular weight excluding hydrogens is 254 g/mol. The number of hydrogen-bond donors (Lipinski definition) is 2. The molecule has 5 heteroatoms. The van der Waals surface area contributed by atoms with Gasteiger partial charge in [0.25, 0.3) is 0 Å². The number of amides is 1. The first-order valence-corrected chi connectivity index (χ1v) is 8.12. The highest BCUT2D eigenvalue weighted by molar-refractivity contribution is 5.78. The molecular formula is C15H29N3O2. The Morgan fingerprint density at radius 1 is 1.35 bits per heavy atom. The Morgan fingerprint density at radius 2 is 2.15 bits per heavy atom. The topological polar surface area (TPSA) is 53.6 Å². The van der Waals surface area contributed by atoms with E-state index >= 15 is 0 Å². The third kappa shape index (κ3) is 5.04. The second kappa shape index (κ2) is 8.60. The SMILES string of the molecule is CCCN(CC(=O)NCC1CCCO1)C1CCNCC1. The molecule has 1 amide bonds. The maximum absolute atomic E-state index is 12.1. The van der Waals surface area contributed by atoms with Crippen molar-refractivity contribution in [2.24, 2.45) is 0 Å². The average molecular weight is 283 g/mol. The van der Waals surface area contributed by atoms with Gasteiger partial charge < -0.3 is 15.4 Å². The number of hydrogen-bond acceptors (Lipinski definition) is 4. The fourth-order valence-electron chi connectivity index (χ4n) is 3.12. The van der Waals surface area contributed by atoms with Crippen LogP contribution in [0.3, 0.4) is 0 Å². The van der Waals surface area contributed by atoms with Gasteiger partial charge in [0.2, 0.25) is 5.91 Å². The summed E-state index contributed by atoms with van der Waals surface area (Å²) in [6.45, 7) is 7.38. The molecule has 2 N–H and O–H groups in total. The van der Waals surface area contributed by atoms with Gasteiger partial charge in [0, 0.05) is 19.2 Å². The molecule has 0 spiro atoms. The standard InChI is InChI=1S/C15H29N3O2/c1-2-9-18(13-5-7-16-8-6-13)12-15(19)17-11-14-4-3-10-20-14/h13-14,16H,2-12H2,1H3,(H,17,19). The molecule has 1 atom stereocenters. The molecule has 2 aliphatic rings. The summed E-state index contributed by atoms with van der Waals surface area (Å²) in [4.78, 5) is 14.5. The second-order valence-electron chi connectivity index (χ2n) is 5.89. The number of piperidine rings is 1. The summed E-state index contributed by atoms with van der Waals surface area (Å²) in [6, 6.07) is 0.560. The van der Waals surface area contributed by atoms with E-state index in [2.05, 4.69) is 22.5 Å². The minimum atomic E-state index is 0.146. The molecule has 2 aliphatic heterocycles. The zero-order valence-electron chi connectivity index (χ0n) is 12.7. The summed E-state index contributed by atoms with van der Waals surface area (Å²) in [5, 5.41) is 6.41. The molecule has 1 unspecified atom stereocenters. The van der Waals surface area contributed by atoms with E-state index in [1.165, 1.54) is 0 Å². The number of ether oxygens (including phenoxy) is 1. The highest BCUT2D eigenvalue weighted by Gasteiger charge is 2.23. The predicted molar refractivity (Wildman–Crippen MR) is 79.7 cm³/mol. The van der Waals surface area contributed by atoms with E-state index in [0.717, 1.165) is 58.3 Å². The Kier molecular flexibility index (Phi) is 6.76. The van der Waals surface area contributed by atoms with Gasteiger partial charge in [-0.05, 0) is 51.7 Å². The molecule has 0 saturated carbocycles. The minimum Gasteiger partial charge on any atom is -0.376 e. The third-order valence-corrected chi connectivity index (χ3v) is 4.23. The number of carbonyl (C=O) groups excluding carboxylic acids is 1. The molecule has 2 fully saturated rings. The van der Waals surface area contributed by atoms with E-state index in [1.54, 1.807) is 0 Å². The van der Waals surface area contributed by atoms with Crippen LogP contribution in [0.1, 0.15) is 39.0 Å². The van der Waals surface area contributed by atoms with Crippen molar-refractivity contribution >= 4 is 5.91 Å². The molecule has 5 nitrogen and oxygen atoms in total. The Bertz CT molecular complexity index is 287. The van der Waals surface area contributed by atoms with Crippen LogP contribution >= 0.6 is 0 Å². The van der Waals surface area contributed by atoms with E-state index in [0.29, 0.717) is 19.1 Å². The summed E-state index contributed by atoms with van der Waals surface area (Å²) in [7, 11) is 0. The number of rotatable bonds is 7. The normalized spacial score (nSPS) is 24.2. The molecule has 0 aromatic carbocycles. The summed E-state index contributed by atoms with van der Waals surface area (Å²) in [5.74, 6) is 0.146. The van der Waals surface area contributed by atoms with Gasteiger partial charge in [-0.3, -0.25) is 9.69 Å². The fraction of sp³-hybridized carbons (Fsp3) is 0.933. The predicted octanol–water partition coefficient (Wildman–Crippen LogP) is 0.746. The van der Waals surface area contributed by atoms with Crippen LogP contribution in [-0.2, 0) is 9.53 Å². The molecule has 2 rings (SSSR count). The van der Waals surface area contributed by atoms with Crippen molar-refractivity contribution in [3.8, 4) is 0 Å². The molecule has 0 aromatic rings. The van der Waals surface area contributed by atoms with Crippen molar-refractivity contribution in [2.75, 3.05) is 39.3 Å². The van der Waals surface area contributed by atoms with Gasteiger partial charge in [-0.15, -0.1) is 0 Å². The molecule has 0 radical (unpaired) electrons. The lowest BCUT2D eigenvalue weighted by molar-refractivity contribution is -0.123. The summed E-state index contributed by atoms with van der Waals surface area (Å²) < 4.78 is 5.54. The van der Waals surface area contributed by atoms with Gasteiger partial charge in [-0.1, -0.05) is 6.92 Å². The van der Waals surface area contributed by atoms with E-state index in [1.807, 2.05) is 0 Å². The third-order valence-electron chi connectivity index (χ3n) is 4.23. The summed E-state index contributed by atoms with van der Waals surface area (Å²) in [5.41, 5.74) is 0. The molecule has 0 bridgehead atoms. The lowest BCUT2D eigenvalue weighted by atomic mass is 10.0. The van der Waals surface area contributed by atoms with Crippen LogP contribution in [0.25, 0.3) is 0 Å². The smallest absolute Gasteiger partial charge is 0.234 e. The average Bonchev–Trinajstić information content (AvgIpc) is 2.99. The Morgan fingerprint density at radius 3 is 2.80 bits per heavy atom. The largest absolute Gasteiger partial charge is 0.376 e. The van der Waals surface area contributed by atoms with Gasteiger partial charge >= 0.3 is 0 Å². The lowest BCUT2D eigenvalue weighted by Gasteiger charge is -2.34. The van der Waals surface area contributed by atoms with Gasteiger partial charge in [0.05, 0.1) is 12.6 Å². The highest BCUT2D eigenvalue weighted by Crippen LogP contribution is 2.13. The maximum atomic E-state index is 12.1. The van der Waals surface area contributed by atoms with E-state index in [9.17, 15) is 4.79 Å². The molecule has 20 heavy (non-hydrogen) atoms. The Labute approximate surface area is 122 Å². The van der Waals surface area contributed by atoms with Crippen LogP contribution in [-0.4, -0.2) is 62.3 Å². The molecule has 0 aromatic heterocycles. The second-order valence-corrected chi connectivity index (χ2v) is 5.89. The molecule has 116 valence electrons. The van der Waals surface area contributed by atoms with Crippen molar-refractivity contribution in [2.45, 2.75) is 51.2 Å². The Hall–Kier alpha value is -0.650. The van der Waals surface area contributed by atoms with Crippen molar-refractivity contribution < 1.29 is 9.53 Å². The lowest BCUT2D eigenvalue weighted by Crippen LogP contribution is -2.48. The molecule has 0 aliphatic carbocycles. The monoisotopic (exact) mass is 283 g/mol. The minimum absolute atomic E-state index is 0.146. The van der Waals surface area contributed by atoms with Crippen LogP contribution in [0.5, 0.6) is 0 Å². The van der Waals surface area contributed by atoms with E-state index in [4.69, 9.17) is 4.74 Å². The Balaban J connectivity index is 1.72. The van der Waals surface area contributed by atoms with Crippen molar-refractivity contribution in [1.29, 1.82) is 0 Å². The first-order chi connectivity index (χ1) is 9.79. The van der Waals surface area contributed by atoms with Crippen LogP contribution in [0, 0.1) is 0 Å². The van der Waals surface area contributed by atoms with Gasteiger partial charge in [0.15, 0.2) is 0 Å². The van der Waals surface area contributed by atoms with Gasteiger partial charge in [-0.25, -0.2) is 0 Å². The first kappa shape index (κ1) is 15.7. The van der Waals surface area contributed by atoms with Crippen molar-refractivity contribution in [3.05, 3.63) is 0 Å². The summed E-state index contributed by atoms with van der Waals surface area (Å²) in [6.07, 6.45) is 5.84. The number of nitrogens with one attached hydrogen (secondary N) is 2. The van der Waals surface area contributed by atoms with Crippen LogP contribution in [0.2, 0.25) is 0 Å². The van der Waals surface area contributed by atoms with Crippen molar-refractivity contribution in [3.63, 3.8) is 0 Å². The van der Waals surface area contributed by atoms with Crippen LogP contribution in [0.4, 0.5) is 0 Å². The number of nitrogens with zero attached hydrogens (tertiary/aromatic N) is 1. The zero-order chi connectivity index (χ0) is 14.2.